The predicted molar refractivity (Wildman–Crippen MR) is 101 cm³/mol. The Kier molecular flexibility index (Phi) is 9.22. The van der Waals surface area contributed by atoms with Crippen LogP contribution in [0.25, 0.3) is 0 Å². The highest BCUT2D eigenvalue weighted by atomic mass is 35.5. The largest absolute Gasteiger partial charge is 0.444 e. The molecule has 0 N–H and O–H groups in total. The summed E-state index contributed by atoms with van der Waals surface area (Å²) in [7, 11) is 0. The Hall–Kier alpha value is -1.20. The summed E-state index contributed by atoms with van der Waals surface area (Å²) in [4.78, 5) is 24.4. The molecule has 0 aromatic heterocycles. The van der Waals surface area contributed by atoms with Crippen LogP contribution in [0, 0.1) is 0 Å². The highest BCUT2D eigenvalue weighted by Gasteiger charge is 2.21. The van der Waals surface area contributed by atoms with Gasteiger partial charge in [-0.1, -0.05) is 23.7 Å². The van der Waals surface area contributed by atoms with Crippen LogP contribution in [0.2, 0.25) is 5.02 Å². The van der Waals surface area contributed by atoms with E-state index in [2.05, 4.69) is 0 Å². The van der Waals surface area contributed by atoms with Crippen molar-refractivity contribution < 1.29 is 14.3 Å². The highest BCUT2D eigenvalue weighted by Crippen LogP contribution is 2.14. The second kappa shape index (κ2) is 10.6. The van der Waals surface area contributed by atoms with Crippen molar-refractivity contribution in [1.29, 1.82) is 0 Å². The Balaban J connectivity index is 2.58. The van der Waals surface area contributed by atoms with Gasteiger partial charge >= 0.3 is 6.09 Å². The zero-order chi connectivity index (χ0) is 18.0. The molecule has 0 heterocycles. The van der Waals surface area contributed by atoms with E-state index in [0.29, 0.717) is 23.9 Å². The van der Waals surface area contributed by atoms with Crippen molar-refractivity contribution in [2.75, 3.05) is 24.6 Å². The van der Waals surface area contributed by atoms with Crippen molar-refractivity contribution in [3.05, 3.63) is 34.9 Å². The second-order valence-electron chi connectivity index (χ2n) is 6.44. The van der Waals surface area contributed by atoms with Crippen LogP contribution >= 0.6 is 23.4 Å². The molecule has 0 spiro atoms. The first-order chi connectivity index (χ1) is 11.3. The molecule has 0 bridgehead atoms. The van der Waals surface area contributed by atoms with Gasteiger partial charge in [0.05, 0.1) is 0 Å². The van der Waals surface area contributed by atoms with Gasteiger partial charge in [-0.2, -0.15) is 11.8 Å². The summed E-state index contributed by atoms with van der Waals surface area (Å²) < 4.78 is 5.49. The van der Waals surface area contributed by atoms with Gasteiger partial charge in [-0.3, -0.25) is 0 Å². The maximum Gasteiger partial charge on any atom is 0.410 e. The number of ether oxygens (including phenoxy) is 1. The van der Waals surface area contributed by atoms with E-state index in [-0.39, 0.29) is 6.09 Å². The zero-order valence-corrected chi connectivity index (χ0v) is 16.2. The van der Waals surface area contributed by atoms with Gasteiger partial charge in [0.2, 0.25) is 0 Å². The summed E-state index contributed by atoms with van der Waals surface area (Å²) in [5.74, 6) is 1.34. The lowest BCUT2D eigenvalue weighted by Gasteiger charge is -2.27. The average molecular weight is 372 g/mol. The standard InChI is InChI=1S/C18H26ClNO3S/c1-18(2,3)23-17(22)20(9-5-12-24-13-11-21)10-8-15-6-4-7-16(19)14-15/h4,6-7,11,14H,5,8-10,12-13H2,1-3H3. The Morgan fingerprint density at radius 3 is 2.71 bits per heavy atom. The maximum absolute atomic E-state index is 12.4. The van der Waals surface area contributed by atoms with E-state index in [1.165, 1.54) is 0 Å². The van der Waals surface area contributed by atoms with E-state index in [4.69, 9.17) is 16.3 Å². The SMILES string of the molecule is CC(C)(C)OC(=O)N(CCCSCC=O)CCc1cccc(Cl)c1. The summed E-state index contributed by atoms with van der Waals surface area (Å²) in [6, 6.07) is 7.65. The van der Waals surface area contributed by atoms with E-state index >= 15 is 0 Å². The maximum atomic E-state index is 12.4. The molecule has 1 aromatic rings. The molecule has 0 saturated heterocycles. The molecule has 0 aliphatic carbocycles. The molecule has 6 heteroatoms. The average Bonchev–Trinajstić information content (AvgIpc) is 2.48. The van der Waals surface area contributed by atoms with Gasteiger partial charge < -0.3 is 14.4 Å². The van der Waals surface area contributed by atoms with Crippen LogP contribution in [0.3, 0.4) is 0 Å². The number of nitrogens with zero attached hydrogens (tertiary/aromatic N) is 1. The summed E-state index contributed by atoms with van der Waals surface area (Å²) in [5.41, 5.74) is 0.573. The van der Waals surface area contributed by atoms with Gasteiger partial charge in [0, 0.05) is 23.9 Å². The number of rotatable bonds is 9. The summed E-state index contributed by atoms with van der Waals surface area (Å²) >= 11 is 7.58. The van der Waals surface area contributed by atoms with E-state index in [1.54, 1.807) is 16.7 Å². The minimum atomic E-state index is -0.516. The molecule has 1 rings (SSSR count). The van der Waals surface area contributed by atoms with E-state index < -0.39 is 5.60 Å². The Labute approximate surface area is 153 Å². The van der Waals surface area contributed by atoms with Crippen LogP contribution in [0.5, 0.6) is 0 Å². The fraction of sp³-hybridized carbons (Fsp3) is 0.556. The van der Waals surface area contributed by atoms with Crippen LogP contribution in [0.15, 0.2) is 24.3 Å². The molecular weight excluding hydrogens is 346 g/mol. The third kappa shape index (κ3) is 9.18. The second-order valence-corrected chi connectivity index (χ2v) is 8.03. The fourth-order valence-electron chi connectivity index (χ4n) is 2.07. The third-order valence-electron chi connectivity index (χ3n) is 3.11. The van der Waals surface area contributed by atoms with Crippen molar-refractivity contribution in [1.82, 2.24) is 4.90 Å². The molecule has 0 aliphatic rings. The Morgan fingerprint density at radius 2 is 2.08 bits per heavy atom. The fourth-order valence-corrected chi connectivity index (χ4v) is 2.88. The molecule has 4 nitrogen and oxygen atoms in total. The van der Waals surface area contributed by atoms with Gasteiger partial charge in [0.25, 0.3) is 0 Å². The number of hydrogen-bond acceptors (Lipinski definition) is 4. The molecule has 0 saturated carbocycles. The third-order valence-corrected chi connectivity index (χ3v) is 4.30. The van der Waals surface area contributed by atoms with Crippen LogP contribution < -0.4 is 0 Å². The van der Waals surface area contributed by atoms with E-state index in [1.807, 2.05) is 45.0 Å². The van der Waals surface area contributed by atoms with Gasteiger partial charge in [0.1, 0.15) is 11.9 Å². The Bertz CT molecular complexity index is 531. The number of amides is 1. The molecule has 0 fully saturated rings. The predicted octanol–water partition coefficient (Wildman–Crippen LogP) is 4.44. The minimum absolute atomic E-state index is 0.301. The monoisotopic (exact) mass is 371 g/mol. The quantitative estimate of drug-likeness (QED) is 0.475. The first kappa shape index (κ1) is 20.8. The summed E-state index contributed by atoms with van der Waals surface area (Å²) in [5, 5.41) is 0.696. The lowest BCUT2D eigenvalue weighted by atomic mass is 10.1. The molecule has 0 aliphatic heterocycles. The van der Waals surface area contributed by atoms with Crippen LogP contribution in [0.4, 0.5) is 4.79 Å². The first-order valence-electron chi connectivity index (χ1n) is 8.05. The minimum Gasteiger partial charge on any atom is -0.444 e. The van der Waals surface area contributed by atoms with Gasteiger partial charge in [-0.05, 0) is 57.1 Å². The number of aldehydes is 1. The Morgan fingerprint density at radius 1 is 1.33 bits per heavy atom. The van der Waals surface area contributed by atoms with Crippen LogP contribution in [0.1, 0.15) is 32.8 Å². The highest BCUT2D eigenvalue weighted by molar-refractivity contribution is 7.99. The molecule has 0 atom stereocenters. The van der Waals surface area contributed by atoms with E-state index in [0.717, 1.165) is 30.4 Å². The van der Waals surface area contributed by atoms with Crippen molar-refractivity contribution >= 4 is 35.7 Å². The van der Waals surface area contributed by atoms with Crippen molar-refractivity contribution in [2.45, 2.75) is 39.2 Å². The van der Waals surface area contributed by atoms with Gasteiger partial charge in [0.15, 0.2) is 0 Å². The van der Waals surface area contributed by atoms with E-state index in [9.17, 15) is 9.59 Å². The molecule has 0 unspecified atom stereocenters. The lowest BCUT2D eigenvalue weighted by Crippen LogP contribution is -2.38. The number of halogens is 1. The van der Waals surface area contributed by atoms with Gasteiger partial charge in [-0.15, -0.1) is 0 Å². The lowest BCUT2D eigenvalue weighted by molar-refractivity contribution is -0.105. The molecule has 24 heavy (non-hydrogen) atoms. The topological polar surface area (TPSA) is 46.6 Å². The number of carbonyl (C=O) groups excluding carboxylic acids is 2. The number of carbonyl (C=O) groups is 2. The number of hydrogen-bond donors (Lipinski definition) is 0. The van der Waals surface area contributed by atoms with Crippen molar-refractivity contribution in [3.63, 3.8) is 0 Å². The first-order valence-corrected chi connectivity index (χ1v) is 9.59. The molecule has 1 amide bonds. The van der Waals surface area contributed by atoms with Crippen molar-refractivity contribution in [3.8, 4) is 0 Å². The number of benzene rings is 1. The summed E-state index contributed by atoms with van der Waals surface area (Å²) in [6.07, 6.45) is 2.15. The molecule has 134 valence electrons. The normalized spacial score (nSPS) is 11.2. The molecular formula is C18H26ClNO3S. The smallest absolute Gasteiger partial charge is 0.410 e. The zero-order valence-electron chi connectivity index (χ0n) is 14.6. The van der Waals surface area contributed by atoms with Crippen LogP contribution in [-0.4, -0.2) is 47.5 Å². The van der Waals surface area contributed by atoms with Gasteiger partial charge in [-0.25, -0.2) is 4.79 Å². The molecule has 0 radical (unpaired) electrons. The molecule has 1 aromatic carbocycles. The van der Waals surface area contributed by atoms with Crippen molar-refractivity contribution in [2.24, 2.45) is 0 Å². The van der Waals surface area contributed by atoms with Crippen LogP contribution in [-0.2, 0) is 16.0 Å². The summed E-state index contributed by atoms with van der Waals surface area (Å²) in [6.45, 7) is 6.77. The number of thioether (sulfide) groups is 1.